The van der Waals surface area contributed by atoms with E-state index in [0.717, 1.165) is 30.3 Å². The fourth-order valence-corrected chi connectivity index (χ4v) is 2.76. The summed E-state index contributed by atoms with van der Waals surface area (Å²) in [6, 6.07) is 16.9. The number of hydrogen-bond acceptors (Lipinski definition) is 2. The van der Waals surface area contributed by atoms with Crippen molar-refractivity contribution in [2.75, 3.05) is 13.2 Å². The summed E-state index contributed by atoms with van der Waals surface area (Å²) in [5.41, 5.74) is 2.55. The Kier molecular flexibility index (Phi) is 6.56. The molecule has 1 unspecified atom stereocenters. The SMILES string of the molecule is Cl.Clc1ccc(Cc2ccc(OCC3CCCN3)cc2)cc1. The van der Waals surface area contributed by atoms with Gasteiger partial charge in [-0.25, -0.2) is 0 Å². The lowest BCUT2D eigenvalue weighted by atomic mass is 10.1. The van der Waals surface area contributed by atoms with E-state index in [-0.39, 0.29) is 12.4 Å². The summed E-state index contributed by atoms with van der Waals surface area (Å²) in [5.74, 6) is 0.948. The van der Waals surface area contributed by atoms with E-state index in [2.05, 4.69) is 41.7 Å². The Balaban J connectivity index is 0.00000176. The van der Waals surface area contributed by atoms with Crippen LogP contribution in [0.15, 0.2) is 48.5 Å². The van der Waals surface area contributed by atoms with Crippen LogP contribution in [0.5, 0.6) is 5.75 Å². The second kappa shape index (κ2) is 8.42. The molecule has 0 spiro atoms. The summed E-state index contributed by atoms with van der Waals surface area (Å²) in [7, 11) is 0. The Morgan fingerprint density at radius 1 is 1.00 bits per heavy atom. The Labute approximate surface area is 143 Å². The van der Waals surface area contributed by atoms with Gasteiger partial charge in [-0.1, -0.05) is 35.9 Å². The molecule has 4 heteroatoms. The Morgan fingerprint density at radius 3 is 2.23 bits per heavy atom. The molecule has 0 saturated carbocycles. The standard InChI is InChI=1S/C18H20ClNO.ClH/c19-16-7-3-14(4-8-16)12-15-5-9-18(10-6-15)21-13-17-2-1-11-20-17;/h3-10,17,20H,1-2,11-13H2;1H. The maximum atomic E-state index is 5.90. The van der Waals surface area contributed by atoms with E-state index < -0.39 is 0 Å². The molecule has 1 atom stereocenters. The molecule has 22 heavy (non-hydrogen) atoms. The first-order valence-electron chi connectivity index (χ1n) is 7.49. The summed E-state index contributed by atoms with van der Waals surface area (Å²) in [5, 5.41) is 4.22. The van der Waals surface area contributed by atoms with Gasteiger partial charge in [0.15, 0.2) is 0 Å². The van der Waals surface area contributed by atoms with E-state index in [1.54, 1.807) is 0 Å². The van der Waals surface area contributed by atoms with Gasteiger partial charge in [-0.3, -0.25) is 0 Å². The van der Waals surface area contributed by atoms with Gasteiger partial charge in [0.05, 0.1) is 0 Å². The molecule has 0 bridgehead atoms. The lowest BCUT2D eigenvalue weighted by Crippen LogP contribution is -2.28. The Bertz CT molecular complexity index is 563. The minimum Gasteiger partial charge on any atom is -0.492 e. The Hall–Kier alpha value is -1.22. The predicted octanol–water partition coefficient (Wildman–Crippen LogP) is 4.48. The van der Waals surface area contributed by atoms with E-state index in [1.807, 2.05) is 12.1 Å². The third kappa shape index (κ3) is 4.91. The van der Waals surface area contributed by atoms with E-state index in [0.29, 0.717) is 6.04 Å². The number of ether oxygens (including phenoxy) is 1. The number of rotatable bonds is 5. The van der Waals surface area contributed by atoms with E-state index in [9.17, 15) is 0 Å². The summed E-state index contributed by atoms with van der Waals surface area (Å²) in [4.78, 5) is 0. The molecule has 2 nitrogen and oxygen atoms in total. The van der Waals surface area contributed by atoms with Gasteiger partial charge < -0.3 is 10.1 Å². The fraction of sp³-hybridized carbons (Fsp3) is 0.333. The monoisotopic (exact) mass is 337 g/mol. The van der Waals surface area contributed by atoms with Crippen LogP contribution in [0.3, 0.4) is 0 Å². The first kappa shape index (κ1) is 17.1. The number of nitrogens with one attached hydrogen (secondary N) is 1. The zero-order chi connectivity index (χ0) is 14.5. The van der Waals surface area contributed by atoms with Gasteiger partial charge >= 0.3 is 0 Å². The Morgan fingerprint density at radius 2 is 1.64 bits per heavy atom. The lowest BCUT2D eigenvalue weighted by Gasteiger charge is -2.12. The quantitative estimate of drug-likeness (QED) is 0.868. The first-order chi connectivity index (χ1) is 10.3. The molecular weight excluding hydrogens is 317 g/mol. The van der Waals surface area contributed by atoms with Crippen molar-refractivity contribution in [2.45, 2.75) is 25.3 Å². The van der Waals surface area contributed by atoms with Crippen molar-refractivity contribution >= 4 is 24.0 Å². The second-order valence-electron chi connectivity index (χ2n) is 5.55. The van der Waals surface area contributed by atoms with Crippen molar-refractivity contribution in [3.8, 4) is 5.75 Å². The maximum absolute atomic E-state index is 5.90. The van der Waals surface area contributed by atoms with Crippen LogP contribution in [0.25, 0.3) is 0 Å². The highest BCUT2D eigenvalue weighted by atomic mass is 35.5. The van der Waals surface area contributed by atoms with Crippen LogP contribution in [0.4, 0.5) is 0 Å². The van der Waals surface area contributed by atoms with Gasteiger partial charge in [-0.15, -0.1) is 12.4 Å². The van der Waals surface area contributed by atoms with Crippen molar-refractivity contribution in [1.82, 2.24) is 5.32 Å². The predicted molar refractivity (Wildman–Crippen MR) is 94.5 cm³/mol. The van der Waals surface area contributed by atoms with E-state index >= 15 is 0 Å². The summed E-state index contributed by atoms with van der Waals surface area (Å²) < 4.78 is 5.83. The second-order valence-corrected chi connectivity index (χ2v) is 5.99. The lowest BCUT2D eigenvalue weighted by molar-refractivity contribution is 0.277. The van der Waals surface area contributed by atoms with Gasteiger partial charge in [-0.05, 0) is 61.2 Å². The molecule has 1 heterocycles. The maximum Gasteiger partial charge on any atom is 0.119 e. The third-order valence-electron chi connectivity index (χ3n) is 3.86. The molecular formula is C18H21Cl2NO. The highest BCUT2D eigenvalue weighted by Crippen LogP contribution is 2.17. The van der Waals surface area contributed by atoms with E-state index in [1.165, 1.54) is 24.0 Å². The number of halogens is 2. The fourth-order valence-electron chi connectivity index (χ4n) is 2.64. The van der Waals surface area contributed by atoms with Crippen molar-refractivity contribution in [3.63, 3.8) is 0 Å². The molecule has 0 radical (unpaired) electrons. The van der Waals surface area contributed by atoms with Crippen LogP contribution in [-0.2, 0) is 6.42 Å². The van der Waals surface area contributed by atoms with Gasteiger partial charge in [0.2, 0.25) is 0 Å². The smallest absolute Gasteiger partial charge is 0.119 e. The molecule has 1 aliphatic rings. The van der Waals surface area contributed by atoms with Gasteiger partial charge in [0.25, 0.3) is 0 Å². The molecule has 2 aromatic rings. The van der Waals surface area contributed by atoms with Crippen LogP contribution >= 0.6 is 24.0 Å². The number of benzene rings is 2. The van der Waals surface area contributed by atoms with Gasteiger partial charge in [0.1, 0.15) is 12.4 Å². The topological polar surface area (TPSA) is 21.3 Å². The molecule has 1 fully saturated rings. The minimum absolute atomic E-state index is 0. The molecule has 1 N–H and O–H groups in total. The summed E-state index contributed by atoms with van der Waals surface area (Å²) >= 11 is 5.90. The molecule has 3 rings (SSSR count). The molecule has 1 aliphatic heterocycles. The molecule has 1 saturated heterocycles. The molecule has 0 amide bonds. The minimum atomic E-state index is 0. The van der Waals surface area contributed by atoms with Crippen molar-refractivity contribution in [3.05, 3.63) is 64.7 Å². The van der Waals surface area contributed by atoms with Crippen LogP contribution in [0, 0.1) is 0 Å². The zero-order valence-corrected chi connectivity index (χ0v) is 14.0. The number of hydrogen-bond donors (Lipinski definition) is 1. The highest BCUT2D eigenvalue weighted by Gasteiger charge is 2.14. The largest absolute Gasteiger partial charge is 0.492 e. The molecule has 0 aliphatic carbocycles. The van der Waals surface area contributed by atoms with Crippen molar-refractivity contribution in [1.29, 1.82) is 0 Å². The zero-order valence-electron chi connectivity index (χ0n) is 12.4. The normalized spacial score (nSPS) is 17.0. The van der Waals surface area contributed by atoms with Crippen molar-refractivity contribution in [2.24, 2.45) is 0 Å². The van der Waals surface area contributed by atoms with Crippen LogP contribution in [0.2, 0.25) is 5.02 Å². The average Bonchev–Trinajstić information content (AvgIpc) is 3.02. The molecule has 2 aromatic carbocycles. The van der Waals surface area contributed by atoms with Crippen LogP contribution in [-0.4, -0.2) is 19.2 Å². The average molecular weight is 338 g/mol. The highest BCUT2D eigenvalue weighted by molar-refractivity contribution is 6.30. The molecule has 118 valence electrons. The molecule has 0 aromatic heterocycles. The first-order valence-corrected chi connectivity index (χ1v) is 7.87. The summed E-state index contributed by atoms with van der Waals surface area (Å²) in [6.45, 7) is 1.88. The van der Waals surface area contributed by atoms with Gasteiger partial charge in [0, 0.05) is 11.1 Å². The van der Waals surface area contributed by atoms with E-state index in [4.69, 9.17) is 16.3 Å². The summed E-state index contributed by atoms with van der Waals surface area (Å²) in [6.07, 6.45) is 3.39. The third-order valence-corrected chi connectivity index (χ3v) is 4.11. The van der Waals surface area contributed by atoms with Crippen LogP contribution < -0.4 is 10.1 Å². The van der Waals surface area contributed by atoms with Crippen LogP contribution in [0.1, 0.15) is 24.0 Å². The van der Waals surface area contributed by atoms with Crippen molar-refractivity contribution < 1.29 is 4.74 Å². The van der Waals surface area contributed by atoms with Gasteiger partial charge in [-0.2, -0.15) is 0 Å².